The maximum Gasteiger partial charge on any atom is 0.337 e. The van der Waals surface area contributed by atoms with Crippen molar-refractivity contribution < 1.29 is 19.4 Å². The van der Waals surface area contributed by atoms with Crippen LogP contribution in [0.4, 0.5) is 5.69 Å². The molecule has 0 aliphatic heterocycles. The van der Waals surface area contributed by atoms with Gasteiger partial charge in [-0.2, -0.15) is 0 Å². The first-order valence-corrected chi connectivity index (χ1v) is 6.54. The molecule has 0 aromatic heterocycles. The molecular formula is C14H18N2O4. The molecule has 1 saturated carbocycles. The van der Waals surface area contributed by atoms with Crippen LogP contribution in [0.15, 0.2) is 18.2 Å². The first-order chi connectivity index (χ1) is 9.60. The van der Waals surface area contributed by atoms with Gasteiger partial charge < -0.3 is 20.5 Å². The van der Waals surface area contributed by atoms with E-state index >= 15 is 0 Å². The predicted octanol–water partition coefficient (Wildman–Crippen LogP) is 1.47. The predicted molar refractivity (Wildman–Crippen MR) is 74.2 cm³/mol. The van der Waals surface area contributed by atoms with Crippen LogP contribution in [0.3, 0.4) is 0 Å². The second-order valence-corrected chi connectivity index (χ2v) is 4.74. The molecule has 6 heteroatoms. The van der Waals surface area contributed by atoms with E-state index in [-0.39, 0.29) is 17.2 Å². The van der Waals surface area contributed by atoms with Gasteiger partial charge in [0.15, 0.2) is 0 Å². The summed E-state index contributed by atoms with van der Waals surface area (Å²) in [7, 11) is 1.46. The van der Waals surface area contributed by atoms with Gasteiger partial charge in [-0.15, -0.1) is 0 Å². The minimum Gasteiger partial charge on any atom is -0.497 e. The second kappa shape index (κ2) is 6.38. The highest BCUT2D eigenvalue weighted by Crippen LogP contribution is 2.22. The van der Waals surface area contributed by atoms with Gasteiger partial charge in [0.1, 0.15) is 5.75 Å². The smallest absolute Gasteiger partial charge is 0.337 e. The van der Waals surface area contributed by atoms with E-state index in [0.717, 1.165) is 0 Å². The third-order valence-electron chi connectivity index (χ3n) is 3.09. The normalized spacial score (nSPS) is 13.8. The quantitative estimate of drug-likeness (QED) is 0.703. The molecule has 0 saturated heterocycles. The van der Waals surface area contributed by atoms with Crippen LogP contribution in [0.25, 0.3) is 0 Å². The standard InChI is InChI=1S/C14H18N2O4/c1-20-10-4-5-12(11(8-10)14(18)19)16-13(17)6-7-15-9-2-3-9/h4-5,8-9,15H,2-3,6-7H2,1H3,(H,16,17)(H,18,19). The van der Waals surface area contributed by atoms with Gasteiger partial charge in [-0.1, -0.05) is 0 Å². The van der Waals surface area contributed by atoms with Crippen LogP contribution in [0.2, 0.25) is 0 Å². The maximum atomic E-state index is 11.8. The van der Waals surface area contributed by atoms with Crippen molar-refractivity contribution in [3.05, 3.63) is 23.8 Å². The highest BCUT2D eigenvalue weighted by molar-refractivity contribution is 6.00. The fraction of sp³-hybridized carbons (Fsp3) is 0.429. The van der Waals surface area contributed by atoms with Gasteiger partial charge in [-0.05, 0) is 31.0 Å². The summed E-state index contributed by atoms with van der Waals surface area (Å²) in [5.41, 5.74) is 0.308. The molecule has 1 amide bonds. The molecule has 0 unspecified atom stereocenters. The number of amides is 1. The van der Waals surface area contributed by atoms with E-state index in [0.29, 0.717) is 24.8 Å². The molecule has 0 bridgehead atoms. The van der Waals surface area contributed by atoms with Crippen LogP contribution in [-0.2, 0) is 4.79 Å². The monoisotopic (exact) mass is 278 g/mol. The first kappa shape index (κ1) is 14.3. The van der Waals surface area contributed by atoms with Crippen LogP contribution in [0.1, 0.15) is 29.6 Å². The van der Waals surface area contributed by atoms with Crippen LogP contribution in [-0.4, -0.2) is 36.7 Å². The Balaban J connectivity index is 1.95. The number of carboxylic acid groups (broad SMARTS) is 1. The number of aromatic carboxylic acids is 1. The van der Waals surface area contributed by atoms with Crippen molar-refractivity contribution in [2.45, 2.75) is 25.3 Å². The van der Waals surface area contributed by atoms with Crippen molar-refractivity contribution in [2.75, 3.05) is 19.0 Å². The van der Waals surface area contributed by atoms with E-state index in [2.05, 4.69) is 10.6 Å². The minimum absolute atomic E-state index is 0.0212. The van der Waals surface area contributed by atoms with Gasteiger partial charge in [-0.3, -0.25) is 4.79 Å². The topological polar surface area (TPSA) is 87.7 Å². The Bertz CT molecular complexity index is 512. The van der Waals surface area contributed by atoms with E-state index in [4.69, 9.17) is 9.84 Å². The van der Waals surface area contributed by atoms with Crippen molar-refractivity contribution in [3.8, 4) is 5.75 Å². The van der Waals surface area contributed by atoms with Crippen LogP contribution in [0, 0.1) is 0 Å². The fourth-order valence-corrected chi connectivity index (χ4v) is 1.83. The lowest BCUT2D eigenvalue weighted by Crippen LogP contribution is -2.23. The van der Waals surface area contributed by atoms with E-state index in [9.17, 15) is 9.59 Å². The summed E-state index contributed by atoms with van der Waals surface area (Å²) in [6.07, 6.45) is 2.66. The Hall–Kier alpha value is -2.08. The second-order valence-electron chi connectivity index (χ2n) is 4.74. The summed E-state index contributed by atoms with van der Waals surface area (Å²) >= 11 is 0. The summed E-state index contributed by atoms with van der Waals surface area (Å²) in [4.78, 5) is 22.9. The minimum atomic E-state index is -1.10. The lowest BCUT2D eigenvalue weighted by Gasteiger charge is -2.10. The molecule has 1 aromatic rings. The fourth-order valence-electron chi connectivity index (χ4n) is 1.83. The maximum absolute atomic E-state index is 11.8. The molecule has 108 valence electrons. The van der Waals surface area contributed by atoms with Gasteiger partial charge >= 0.3 is 5.97 Å². The molecule has 6 nitrogen and oxygen atoms in total. The number of methoxy groups -OCH3 is 1. The van der Waals surface area contributed by atoms with Crippen molar-refractivity contribution in [3.63, 3.8) is 0 Å². The Morgan fingerprint density at radius 1 is 1.40 bits per heavy atom. The number of anilines is 1. The molecule has 3 N–H and O–H groups in total. The highest BCUT2D eigenvalue weighted by atomic mass is 16.5. The number of benzene rings is 1. The molecule has 0 heterocycles. The van der Waals surface area contributed by atoms with Gasteiger partial charge in [0.25, 0.3) is 0 Å². The van der Waals surface area contributed by atoms with E-state index in [1.165, 1.54) is 32.1 Å². The molecule has 0 radical (unpaired) electrons. The SMILES string of the molecule is COc1ccc(NC(=O)CCNC2CC2)c(C(=O)O)c1. The Kier molecular flexibility index (Phi) is 4.57. The van der Waals surface area contributed by atoms with Gasteiger partial charge in [0.05, 0.1) is 18.4 Å². The van der Waals surface area contributed by atoms with Crippen LogP contribution >= 0.6 is 0 Å². The third-order valence-corrected chi connectivity index (χ3v) is 3.09. The summed E-state index contributed by atoms with van der Waals surface area (Å²) in [6.45, 7) is 0.606. The zero-order valence-electron chi connectivity index (χ0n) is 11.3. The average Bonchev–Trinajstić information content (AvgIpc) is 3.23. The van der Waals surface area contributed by atoms with Crippen LogP contribution < -0.4 is 15.4 Å². The van der Waals surface area contributed by atoms with E-state index < -0.39 is 5.97 Å². The first-order valence-electron chi connectivity index (χ1n) is 6.54. The number of nitrogens with one attached hydrogen (secondary N) is 2. The molecule has 1 aliphatic carbocycles. The number of carbonyl (C=O) groups excluding carboxylic acids is 1. The van der Waals surface area contributed by atoms with Gasteiger partial charge in [0.2, 0.25) is 5.91 Å². The molecule has 1 fully saturated rings. The molecular weight excluding hydrogens is 260 g/mol. The molecule has 0 atom stereocenters. The Morgan fingerprint density at radius 3 is 2.75 bits per heavy atom. The van der Waals surface area contributed by atoms with Crippen molar-refractivity contribution in [1.29, 1.82) is 0 Å². The number of carbonyl (C=O) groups is 2. The zero-order chi connectivity index (χ0) is 14.5. The number of hydrogen-bond acceptors (Lipinski definition) is 4. The lowest BCUT2D eigenvalue weighted by molar-refractivity contribution is -0.116. The summed E-state index contributed by atoms with van der Waals surface area (Å²) in [6, 6.07) is 5.10. The number of rotatable bonds is 7. The lowest BCUT2D eigenvalue weighted by atomic mass is 10.1. The molecule has 1 aromatic carbocycles. The van der Waals surface area contributed by atoms with Crippen molar-refractivity contribution >= 4 is 17.6 Å². The van der Waals surface area contributed by atoms with E-state index in [1.807, 2.05) is 0 Å². The summed E-state index contributed by atoms with van der Waals surface area (Å²) < 4.78 is 4.98. The van der Waals surface area contributed by atoms with E-state index in [1.54, 1.807) is 6.07 Å². The Morgan fingerprint density at radius 2 is 2.15 bits per heavy atom. The largest absolute Gasteiger partial charge is 0.497 e. The molecule has 20 heavy (non-hydrogen) atoms. The number of hydrogen-bond donors (Lipinski definition) is 3. The molecule has 1 aliphatic rings. The Labute approximate surface area is 117 Å². The molecule has 2 rings (SSSR count). The number of ether oxygens (including phenoxy) is 1. The average molecular weight is 278 g/mol. The van der Waals surface area contributed by atoms with Crippen molar-refractivity contribution in [1.82, 2.24) is 5.32 Å². The molecule has 0 spiro atoms. The van der Waals surface area contributed by atoms with Crippen LogP contribution in [0.5, 0.6) is 5.75 Å². The summed E-state index contributed by atoms with van der Waals surface area (Å²) in [5, 5.41) is 15.0. The summed E-state index contributed by atoms with van der Waals surface area (Å²) in [5.74, 6) is -0.864. The van der Waals surface area contributed by atoms with Crippen molar-refractivity contribution in [2.24, 2.45) is 0 Å². The third kappa shape index (κ3) is 3.96. The van der Waals surface area contributed by atoms with Gasteiger partial charge in [-0.25, -0.2) is 4.79 Å². The zero-order valence-corrected chi connectivity index (χ0v) is 11.3. The number of carboxylic acids is 1. The van der Waals surface area contributed by atoms with Gasteiger partial charge in [0, 0.05) is 19.0 Å². The highest BCUT2D eigenvalue weighted by Gasteiger charge is 2.20.